The highest BCUT2D eigenvalue weighted by Gasteiger charge is 2.27. The Balaban J connectivity index is 1.92. The number of benzene rings is 1. The molecule has 0 bridgehead atoms. The molecule has 0 unspecified atom stereocenters. The lowest BCUT2D eigenvalue weighted by Gasteiger charge is -2.20. The average Bonchev–Trinajstić information content (AvgIpc) is 2.62. The van der Waals surface area contributed by atoms with Crippen molar-refractivity contribution in [3.8, 4) is 5.75 Å². The molecular weight excluding hydrogens is 358 g/mol. The molecule has 0 aliphatic carbocycles. The van der Waals surface area contributed by atoms with Gasteiger partial charge in [-0.1, -0.05) is 13.8 Å². The van der Waals surface area contributed by atoms with E-state index in [1.165, 1.54) is 12.1 Å². The number of rotatable bonds is 3. The summed E-state index contributed by atoms with van der Waals surface area (Å²) in [7, 11) is 1.53. The zero-order valence-corrected chi connectivity index (χ0v) is 16.7. The van der Waals surface area contributed by atoms with Gasteiger partial charge in [0.05, 0.1) is 6.42 Å². The Kier molecular flexibility index (Phi) is 5.27. The van der Waals surface area contributed by atoms with E-state index in [1.54, 1.807) is 6.08 Å². The number of aryl methyl sites for hydroxylation is 2. The van der Waals surface area contributed by atoms with Gasteiger partial charge in [-0.3, -0.25) is 14.4 Å². The summed E-state index contributed by atoms with van der Waals surface area (Å²) in [6.07, 6.45) is 1.51. The van der Waals surface area contributed by atoms with Crippen molar-refractivity contribution in [2.45, 2.75) is 34.1 Å². The van der Waals surface area contributed by atoms with Crippen LogP contribution in [0.15, 0.2) is 33.9 Å². The number of ether oxygens (including phenoxy) is 1. The number of nitrogens with zero attached hydrogens (tertiary/aromatic N) is 3. The minimum absolute atomic E-state index is 0.0126. The van der Waals surface area contributed by atoms with Crippen LogP contribution in [0.1, 0.15) is 37.0 Å². The van der Waals surface area contributed by atoms with Crippen LogP contribution in [0.4, 0.5) is 0 Å². The molecule has 0 saturated heterocycles. The van der Waals surface area contributed by atoms with Gasteiger partial charge in [-0.05, 0) is 43.0 Å². The van der Waals surface area contributed by atoms with Crippen molar-refractivity contribution < 1.29 is 19.1 Å². The van der Waals surface area contributed by atoms with Crippen molar-refractivity contribution in [3.05, 3.63) is 40.5 Å². The maximum atomic E-state index is 12.2. The van der Waals surface area contributed by atoms with E-state index in [2.05, 4.69) is 10.1 Å². The monoisotopic (exact) mass is 381 g/mol. The molecule has 0 atom stereocenters. The molecule has 2 aliphatic rings. The third-order valence-electron chi connectivity index (χ3n) is 4.73. The van der Waals surface area contributed by atoms with Gasteiger partial charge in [-0.2, -0.15) is 5.10 Å². The highest BCUT2D eigenvalue weighted by Crippen LogP contribution is 2.27. The number of hydrogen-bond acceptors (Lipinski definition) is 6. The van der Waals surface area contributed by atoms with Crippen molar-refractivity contribution in [3.63, 3.8) is 0 Å². The molecule has 7 heteroatoms. The highest BCUT2D eigenvalue weighted by atomic mass is 16.5. The predicted octanol–water partition coefficient (Wildman–Crippen LogP) is 2.38. The fourth-order valence-electron chi connectivity index (χ4n) is 3.22. The number of aliphatic imine (C=N–C) groups is 1. The van der Waals surface area contributed by atoms with Crippen LogP contribution in [-0.4, -0.2) is 47.7 Å². The van der Waals surface area contributed by atoms with E-state index in [0.717, 1.165) is 11.1 Å². The second kappa shape index (κ2) is 7.50. The molecule has 0 saturated carbocycles. The van der Waals surface area contributed by atoms with Gasteiger partial charge in [0, 0.05) is 24.3 Å². The molecule has 1 aromatic rings. The molecule has 2 aliphatic heterocycles. The number of Topliss-reactive ketones (excluding diaryl/α,β-unsaturated/α-hetero) is 2. The summed E-state index contributed by atoms with van der Waals surface area (Å²) in [6, 6.07) is 3.62. The molecule has 146 valence electrons. The second-order valence-electron chi connectivity index (χ2n) is 7.34. The van der Waals surface area contributed by atoms with E-state index in [-0.39, 0.29) is 42.1 Å². The maximum Gasteiger partial charge on any atom is 0.250 e. The molecule has 1 amide bonds. The van der Waals surface area contributed by atoms with E-state index in [1.807, 2.05) is 39.8 Å². The van der Waals surface area contributed by atoms with Crippen molar-refractivity contribution in [1.82, 2.24) is 5.01 Å². The van der Waals surface area contributed by atoms with Gasteiger partial charge in [-0.25, -0.2) is 10.0 Å². The van der Waals surface area contributed by atoms with Crippen LogP contribution in [0.2, 0.25) is 0 Å². The third kappa shape index (κ3) is 3.78. The van der Waals surface area contributed by atoms with Gasteiger partial charge >= 0.3 is 0 Å². The van der Waals surface area contributed by atoms with Crippen LogP contribution in [0.3, 0.4) is 0 Å². The van der Waals surface area contributed by atoms with Crippen molar-refractivity contribution in [2.75, 3.05) is 13.6 Å². The molecule has 0 N–H and O–H groups in total. The van der Waals surface area contributed by atoms with Gasteiger partial charge in [-0.15, -0.1) is 0 Å². The first-order valence-electron chi connectivity index (χ1n) is 9.14. The molecule has 7 nitrogen and oxygen atoms in total. The third-order valence-corrected chi connectivity index (χ3v) is 4.73. The maximum absolute atomic E-state index is 12.2. The zero-order chi connectivity index (χ0) is 20.6. The van der Waals surface area contributed by atoms with Crippen LogP contribution in [-0.2, 0) is 14.4 Å². The number of hydrogen-bond donors (Lipinski definition) is 0. The van der Waals surface area contributed by atoms with Gasteiger partial charge < -0.3 is 4.74 Å². The van der Waals surface area contributed by atoms with Crippen LogP contribution >= 0.6 is 0 Å². The summed E-state index contributed by atoms with van der Waals surface area (Å²) in [5, 5.41) is 5.31. The van der Waals surface area contributed by atoms with Crippen molar-refractivity contribution in [1.29, 1.82) is 0 Å². The normalized spacial score (nSPS) is 17.6. The van der Waals surface area contributed by atoms with E-state index < -0.39 is 0 Å². The average molecular weight is 381 g/mol. The fourth-order valence-corrected chi connectivity index (χ4v) is 3.22. The zero-order valence-electron chi connectivity index (χ0n) is 16.7. The van der Waals surface area contributed by atoms with Crippen LogP contribution in [0.5, 0.6) is 5.75 Å². The predicted molar refractivity (Wildman–Crippen MR) is 106 cm³/mol. The number of dihydropyridines is 1. The van der Waals surface area contributed by atoms with Crippen LogP contribution in [0, 0.1) is 19.8 Å². The number of carbonyl (C=O) groups excluding carboxylic acids is 3. The fraction of sp³-hybridized carbons (Fsp3) is 0.381. The van der Waals surface area contributed by atoms with Crippen LogP contribution < -0.4 is 4.74 Å². The molecule has 0 radical (unpaired) electrons. The van der Waals surface area contributed by atoms with Crippen molar-refractivity contribution in [2.24, 2.45) is 16.0 Å². The quantitative estimate of drug-likeness (QED) is 0.752. The molecule has 0 fully saturated rings. The van der Waals surface area contributed by atoms with Crippen LogP contribution in [0.25, 0.3) is 0 Å². The standard InChI is InChI=1S/C21H23N3O4/c1-11(2)15-8-18(22-10-17(15)26)28-21-12(3)6-14(7-13(21)4)20-16(25)9-19(27)24(5)23-20/h6-8,11H,9-10H2,1-5H3. The van der Waals surface area contributed by atoms with E-state index in [4.69, 9.17) is 4.74 Å². The molecule has 1 aromatic carbocycles. The summed E-state index contributed by atoms with van der Waals surface area (Å²) in [5.41, 5.74) is 3.23. The Hall–Kier alpha value is -3.09. The molecule has 28 heavy (non-hydrogen) atoms. The summed E-state index contributed by atoms with van der Waals surface area (Å²) in [4.78, 5) is 40.0. The SMILES string of the molecule is Cc1cc(C2=NN(C)C(=O)CC2=O)cc(C)c1OC1=NCC(=O)C(C(C)C)=C1. The Morgan fingerprint density at radius 2 is 1.71 bits per heavy atom. The Morgan fingerprint density at radius 3 is 2.32 bits per heavy atom. The largest absolute Gasteiger partial charge is 0.439 e. The topological polar surface area (TPSA) is 88.4 Å². The summed E-state index contributed by atoms with van der Waals surface area (Å²) in [5.74, 6) is 0.526. The lowest BCUT2D eigenvalue weighted by Crippen LogP contribution is -2.35. The smallest absolute Gasteiger partial charge is 0.250 e. The first-order chi connectivity index (χ1) is 13.2. The second-order valence-corrected chi connectivity index (χ2v) is 7.34. The van der Waals surface area contributed by atoms with E-state index in [9.17, 15) is 14.4 Å². The lowest BCUT2D eigenvalue weighted by atomic mass is 9.97. The van der Waals surface area contributed by atoms with Gasteiger partial charge in [0.15, 0.2) is 11.6 Å². The van der Waals surface area contributed by atoms with Gasteiger partial charge in [0.2, 0.25) is 11.8 Å². The molecule has 2 heterocycles. The first kappa shape index (κ1) is 19.7. The minimum Gasteiger partial charge on any atom is -0.439 e. The van der Waals surface area contributed by atoms with Gasteiger partial charge in [0.25, 0.3) is 0 Å². The number of ketones is 2. The number of hydrazone groups is 1. The molecule has 3 rings (SSSR count). The number of amides is 1. The van der Waals surface area contributed by atoms with E-state index in [0.29, 0.717) is 22.8 Å². The molecular formula is C21H23N3O4. The summed E-state index contributed by atoms with van der Waals surface area (Å²) >= 11 is 0. The molecule has 0 spiro atoms. The Bertz CT molecular complexity index is 947. The van der Waals surface area contributed by atoms with E-state index >= 15 is 0 Å². The lowest BCUT2D eigenvalue weighted by molar-refractivity contribution is -0.134. The number of carbonyl (C=O) groups is 3. The Labute approximate surface area is 163 Å². The first-order valence-corrected chi connectivity index (χ1v) is 9.14. The summed E-state index contributed by atoms with van der Waals surface area (Å²) in [6.45, 7) is 7.75. The minimum atomic E-state index is -0.320. The summed E-state index contributed by atoms with van der Waals surface area (Å²) < 4.78 is 5.99. The van der Waals surface area contributed by atoms with Crippen molar-refractivity contribution >= 4 is 29.1 Å². The van der Waals surface area contributed by atoms with Gasteiger partial charge in [0.1, 0.15) is 18.0 Å². The molecule has 0 aromatic heterocycles. The highest BCUT2D eigenvalue weighted by molar-refractivity contribution is 6.49. The Morgan fingerprint density at radius 1 is 1.07 bits per heavy atom.